The third-order valence-corrected chi connectivity index (χ3v) is 4.51. The van der Waals surface area contributed by atoms with Crippen molar-refractivity contribution in [1.82, 2.24) is 0 Å². The quantitative estimate of drug-likeness (QED) is 0.344. The minimum absolute atomic E-state index is 0.280. The molecule has 0 spiro atoms. The van der Waals surface area contributed by atoms with E-state index in [2.05, 4.69) is 0 Å². The van der Waals surface area contributed by atoms with Gasteiger partial charge in [-0.1, -0.05) is 23.5 Å². The van der Waals surface area contributed by atoms with Crippen molar-refractivity contribution in [1.29, 1.82) is 0 Å². The molecule has 1 saturated heterocycles. The second-order valence-electron chi connectivity index (χ2n) is 4.43. The summed E-state index contributed by atoms with van der Waals surface area (Å²) in [6, 6.07) is 0. The average Bonchev–Trinajstić information content (AvgIpc) is 2.04. The van der Waals surface area contributed by atoms with Gasteiger partial charge in [0.15, 0.2) is 4.58 Å². The van der Waals surface area contributed by atoms with Crippen LogP contribution in [0.5, 0.6) is 0 Å². The van der Waals surface area contributed by atoms with Crippen LogP contribution in [0.15, 0.2) is 9.81 Å². The number of carbonyl (C=O) groups excluding carboxylic acids is 2. The van der Waals surface area contributed by atoms with E-state index in [1.165, 1.54) is 0 Å². The van der Waals surface area contributed by atoms with Gasteiger partial charge in [0.25, 0.3) is 5.91 Å². The molecule has 1 amide bonds. The number of amides is 1. The monoisotopic (exact) mass is 291 g/mol. The lowest BCUT2D eigenvalue weighted by Crippen LogP contribution is -2.32. The van der Waals surface area contributed by atoms with E-state index >= 15 is 0 Å². The molecule has 0 aromatic carbocycles. The van der Waals surface area contributed by atoms with E-state index in [4.69, 9.17) is 15.6 Å². The van der Waals surface area contributed by atoms with Gasteiger partial charge in [0, 0.05) is 0 Å². The minimum atomic E-state index is -1.01. The summed E-state index contributed by atoms with van der Waals surface area (Å²) in [7, 11) is 0. The van der Waals surface area contributed by atoms with Gasteiger partial charge in [0.1, 0.15) is 11.2 Å². The van der Waals surface area contributed by atoms with Crippen LogP contribution in [0.4, 0.5) is 0 Å². The molecule has 1 heterocycles. The summed E-state index contributed by atoms with van der Waals surface area (Å²) in [4.78, 5) is 33.6. The number of carboxylic acid groups (broad SMARTS) is 1. The van der Waals surface area contributed by atoms with Crippen LogP contribution in [0.1, 0.15) is 20.8 Å². The van der Waals surface area contributed by atoms with Gasteiger partial charge in [-0.2, -0.15) is 0 Å². The van der Waals surface area contributed by atoms with E-state index < -0.39 is 28.0 Å². The molecule has 6 nitrogen and oxygen atoms in total. The predicted octanol–water partition coefficient (Wildman–Crippen LogP) is 0.916. The van der Waals surface area contributed by atoms with Crippen molar-refractivity contribution in [2.75, 3.05) is 0 Å². The van der Waals surface area contributed by atoms with Gasteiger partial charge in [0.2, 0.25) is 0 Å². The van der Waals surface area contributed by atoms with E-state index in [1.54, 1.807) is 20.8 Å². The van der Waals surface area contributed by atoms with Crippen molar-refractivity contribution < 1.29 is 24.2 Å². The third-order valence-electron chi connectivity index (χ3n) is 1.68. The standard InChI is InChI=1S/C10H13NO5S2/c1-10(2,3)16-7(15)4(5(11)12)8-17-9(18-8)6(13)14/h9H,1-3H3,(H2,11,12)(H,13,14). The van der Waals surface area contributed by atoms with E-state index in [0.717, 1.165) is 23.5 Å². The number of hydrogen-bond acceptors (Lipinski definition) is 6. The lowest BCUT2D eigenvalue weighted by Gasteiger charge is -2.26. The first-order valence-electron chi connectivity index (χ1n) is 4.95. The van der Waals surface area contributed by atoms with Gasteiger partial charge in [-0.15, -0.1) is 0 Å². The van der Waals surface area contributed by atoms with E-state index in [1.807, 2.05) is 0 Å². The highest BCUT2D eigenvalue weighted by Gasteiger charge is 2.38. The van der Waals surface area contributed by atoms with Crippen LogP contribution in [-0.4, -0.2) is 33.1 Å². The van der Waals surface area contributed by atoms with Gasteiger partial charge in [0.05, 0.1) is 4.24 Å². The Balaban J connectivity index is 2.86. The van der Waals surface area contributed by atoms with E-state index in [-0.39, 0.29) is 5.57 Å². The maximum absolute atomic E-state index is 11.8. The number of hydrogen-bond donors (Lipinski definition) is 2. The van der Waals surface area contributed by atoms with Crippen LogP contribution in [0.25, 0.3) is 0 Å². The minimum Gasteiger partial charge on any atom is -0.480 e. The van der Waals surface area contributed by atoms with Crippen LogP contribution in [0.3, 0.4) is 0 Å². The van der Waals surface area contributed by atoms with Crippen LogP contribution >= 0.6 is 23.5 Å². The average molecular weight is 291 g/mol. The van der Waals surface area contributed by atoms with E-state index in [9.17, 15) is 14.4 Å². The Morgan fingerprint density at radius 1 is 1.28 bits per heavy atom. The first-order valence-corrected chi connectivity index (χ1v) is 6.71. The Morgan fingerprint density at radius 2 is 1.78 bits per heavy atom. The molecule has 0 aliphatic carbocycles. The lowest BCUT2D eigenvalue weighted by atomic mass is 10.2. The van der Waals surface area contributed by atoms with Gasteiger partial charge < -0.3 is 15.6 Å². The number of carboxylic acids is 1. The van der Waals surface area contributed by atoms with Crippen LogP contribution in [0.2, 0.25) is 0 Å². The largest absolute Gasteiger partial charge is 0.480 e. The maximum atomic E-state index is 11.8. The highest BCUT2D eigenvalue weighted by molar-refractivity contribution is 8.39. The van der Waals surface area contributed by atoms with Gasteiger partial charge >= 0.3 is 11.9 Å². The molecule has 1 aliphatic heterocycles. The molecule has 0 aromatic heterocycles. The molecule has 0 atom stereocenters. The second kappa shape index (κ2) is 5.23. The van der Waals surface area contributed by atoms with Gasteiger partial charge in [-0.25, -0.2) is 4.79 Å². The maximum Gasteiger partial charge on any atom is 0.345 e. The van der Waals surface area contributed by atoms with Crippen LogP contribution < -0.4 is 5.73 Å². The first kappa shape index (κ1) is 14.9. The number of ether oxygens (including phenoxy) is 1. The Morgan fingerprint density at radius 3 is 2.11 bits per heavy atom. The Labute approximate surface area is 112 Å². The number of esters is 1. The van der Waals surface area contributed by atoms with Crippen molar-refractivity contribution >= 4 is 41.4 Å². The molecule has 0 bridgehead atoms. The zero-order chi connectivity index (χ0) is 14.1. The molecular formula is C10H13NO5S2. The Kier molecular flexibility index (Phi) is 4.33. The van der Waals surface area contributed by atoms with Crippen molar-refractivity contribution in [2.24, 2.45) is 5.73 Å². The summed E-state index contributed by atoms with van der Waals surface area (Å²) >= 11 is 1.83. The van der Waals surface area contributed by atoms with Gasteiger partial charge in [-0.3, -0.25) is 9.59 Å². The number of aliphatic carboxylic acids is 1. The number of rotatable bonds is 3. The number of primary amides is 1. The van der Waals surface area contributed by atoms with Gasteiger partial charge in [-0.05, 0) is 20.8 Å². The summed E-state index contributed by atoms with van der Waals surface area (Å²) in [5, 5.41) is 8.70. The number of thioether (sulfide) groups is 2. The molecule has 3 N–H and O–H groups in total. The second-order valence-corrected chi connectivity index (χ2v) is 7.22. The fourth-order valence-electron chi connectivity index (χ4n) is 1.04. The fourth-order valence-corrected chi connectivity index (χ4v) is 3.11. The smallest absolute Gasteiger partial charge is 0.345 e. The van der Waals surface area contributed by atoms with Crippen molar-refractivity contribution in [3.63, 3.8) is 0 Å². The molecule has 0 radical (unpaired) electrons. The molecule has 0 aromatic rings. The van der Waals surface area contributed by atoms with Crippen LogP contribution in [0, 0.1) is 0 Å². The topological polar surface area (TPSA) is 107 Å². The molecule has 100 valence electrons. The Hall–Kier alpha value is -1.15. The van der Waals surface area contributed by atoms with Crippen LogP contribution in [-0.2, 0) is 19.1 Å². The third kappa shape index (κ3) is 3.67. The molecule has 1 rings (SSSR count). The number of nitrogens with two attached hydrogens (primary N) is 1. The summed E-state index contributed by atoms with van der Waals surface area (Å²) in [5.74, 6) is -2.75. The van der Waals surface area contributed by atoms with Crippen molar-refractivity contribution in [2.45, 2.75) is 31.0 Å². The first-order chi connectivity index (χ1) is 8.11. The predicted molar refractivity (Wildman–Crippen MR) is 68.7 cm³/mol. The zero-order valence-electron chi connectivity index (χ0n) is 10.1. The molecule has 0 saturated carbocycles. The summed E-state index contributed by atoms with van der Waals surface area (Å²) in [6.45, 7) is 4.99. The fraction of sp³-hybridized carbons (Fsp3) is 0.500. The zero-order valence-corrected chi connectivity index (χ0v) is 11.7. The summed E-state index contributed by atoms with van der Waals surface area (Å²) in [5.41, 5.74) is 4.09. The normalized spacial score (nSPS) is 18.8. The molecule has 1 fully saturated rings. The van der Waals surface area contributed by atoms with Crippen molar-refractivity contribution in [3.8, 4) is 0 Å². The highest BCUT2D eigenvalue weighted by Crippen LogP contribution is 2.52. The molecular weight excluding hydrogens is 278 g/mol. The highest BCUT2D eigenvalue weighted by atomic mass is 32.3. The SMILES string of the molecule is CC(C)(C)OC(=O)C(C(N)=O)=C1SC(C(=O)O)S1. The Bertz CT molecular complexity index is 430. The molecule has 18 heavy (non-hydrogen) atoms. The number of carbonyl (C=O) groups is 3. The summed E-state index contributed by atoms with van der Waals surface area (Å²) < 4.78 is 4.63. The summed E-state index contributed by atoms with van der Waals surface area (Å²) in [6.07, 6.45) is 0. The molecule has 8 heteroatoms. The molecule has 0 unspecified atom stereocenters. The van der Waals surface area contributed by atoms with E-state index in [0.29, 0.717) is 4.24 Å². The lowest BCUT2D eigenvalue weighted by molar-refractivity contribution is -0.150. The molecule has 1 aliphatic rings. The van der Waals surface area contributed by atoms with Crippen molar-refractivity contribution in [3.05, 3.63) is 9.81 Å².